The van der Waals surface area contributed by atoms with Gasteiger partial charge in [0.2, 0.25) is 11.8 Å². The number of anilines is 2. The van der Waals surface area contributed by atoms with Gasteiger partial charge >= 0.3 is 12.5 Å². The minimum atomic E-state index is -4.88. The topological polar surface area (TPSA) is 118 Å². The molecule has 3 N–H and O–H groups in total. The third kappa shape index (κ3) is 4.10. The predicted molar refractivity (Wildman–Crippen MR) is 112 cm³/mol. The van der Waals surface area contributed by atoms with Crippen LogP contribution in [0.3, 0.4) is 0 Å². The van der Waals surface area contributed by atoms with E-state index in [4.69, 9.17) is 4.74 Å². The van der Waals surface area contributed by atoms with Crippen LogP contribution in [0.1, 0.15) is 43.7 Å². The van der Waals surface area contributed by atoms with Crippen molar-refractivity contribution in [3.63, 3.8) is 0 Å². The summed E-state index contributed by atoms with van der Waals surface area (Å²) in [6, 6.07) is 3.01. The summed E-state index contributed by atoms with van der Waals surface area (Å²) in [7, 11) is 0. The van der Waals surface area contributed by atoms with Gasteiger partial charge in [0.1, 0.15) is 17.9 Å². The van der Waals surface area contributed by atoms with E-state index in [-0.39, 0.29) is 23.0 Å². The number of alkyl carbamates (subject to hydrolysis) is 1. The molecule has 4 saturated carbocycles. The number of hydrogen-bond donors (Lipinski definition) is 3. The molecule has 14 heteroatoms. The molecule has 1 amide bonds. The average Bonchev–Trinajstić information content (AvgIpc) is 3.42. The first-order chi connectivity index (χ1) is 16.7. The van der Waals surface area contributed by atoms with Crippen molar-refractivity contribution in [2.45, 2.75) is 62.2 Å². The van der Waals surface area contributed by atoms with Gasteiger partial charge in [0.15, 0.2) is 5.82 Å². The lowest BCUT2D eigenvalue weighted by molar-refractivity contribution is -0.276. The van der Waals surface area contributed by atoms with E-state index in [0.29, 0.717) is 24.5 Å². The largest absolute Gasteiger partial charge is 0.574 e. The lowest BCUT2D eigenvalue weighted by Crippen LogP contribution is -2.68. The van der Waals surface area contributed by atoms with Crippen molar-refractivity contribution < 1.29 is 31.8 Å². The second kappa shape index (κ2) is 7.71. The van der Waals surface area contributed by atoms with Gasteiger partial charge in [0.25, 0.3) is 0 Å². The highest BCUT2D eigenvalue weighted by Crippen LogP contribution is 2.57. The number of aromatic amines is 1. The zero-order valence-corrected chi connectivity index (χ0v) is 18.2. The third-order valence-electron chi connectivity index (χ3n) is 6.98. The van der Waals surface area contributed by atoms with E-state index in [1.807, 2.05) is 0 Å². The molecule has 4 aliphatic carbocycles. The van der Waals surface area contributed by atoms with Gasteiger partial charge in [0, 0.05) is 29.4 Å². The van der Waals surface area contributed by atoms with Crippen LogP contribution in [0.4, 0.5) is 34.1 Å². The molecule has 0 spiro atoms. The summed E-state index contributed by atoms with van der Waals surface area (Å²) in [5, 5.41) is 12.7. The van der Waals surface area contributed by atoms with Crippen molar-refractivity contribution in [2.75, 3.05) is 5.32 Å². The second-order valence-electron chi connectivity index (χ2n) is 9.41. The number of nitrogens with zero attached hydrogens (tertiary/aromatic N) is 4. The number of carbonyl (C=O) groups is 1. The number of amides is 1. The fourth-order valence-corrected chi connectivity index (χ4v) is 5.25. The molecule has 4 fully saturated rings. The van der Waals surface area contributed by atoms with Crippen molar-refractivity contribution in [1.82, 2.24) is 29.9 Å². The normalized spacial score (nSPS) is 29.4. The van der Waals surface area contributed by atoms with E-state index in [0.717, 1.165) is 25.5 Å². The van der Waals surface area contributed by atoms with Gasteiger partial charge in [-0.1, -0.05) is 0 Å². The van der Waals surface area contributed by atoms with Crippen LogP contribution in [0.2, 0.25) is 0 Å². The summed E-state index contributed by atoms with van der Waals surface area (Å²) in [5.41, 5.74) is 0.542. The number of aromatic nitrogens is 5. The molecule has 3 atom stereocenters. The van der Waals surface area contributed by atoms with Crippen molar-refractivity contribution in [3.05, 3.63) is 30.2 Å². The van der Waals surface area contributed by atoms with E-state index >= 15 is 4.39 Å². The predicted octanol–water partition coefficient (Wildman–Crippen LogP) is 3.96. The number of hydrogen-bond acceptors (Lipinski definition) is 7. The summed E-state index contributed by atoms with van der Waals surface area (Å²) < 4.78 is 63.2. The summed E-state index contributed by atoms with van der Waals surface area (Å²) in [6.45, 7) is 0. The summed E-state index contributed by atoms with van der Waals surface area (Å²) in [6.07, 6.45) is -1.54. The quantitative estimate of drug-likeness (QED) is 0.443. The zero-order valence-electron chi connectivity index (χ0n) is 18.2. The lowest BCUT2D eigenvalue weighted by Gasteiger charge is -2.61. The molecule has 0 aliphatic heterocycles. The highest BCUT2D eigenvalue weighted by molar-refractivity contribution is 5.69. The molecule has 3 aromatic rings. The van der Waals surface area contributed by atoms with Crippen LogP contribution >= 0.6 is 0 Å². The number of rotatable bonds is 6. The third-order valence-corrected chi connectivity index (χ3v) is 6.98. The second-order valence-corrected chi connectivity index (χ2v) is 9.41. The molecule has 10 nitrogen and oxygen atoms in total. The number of fused-ring (bicyclic) bond motifs is 1. The number of H-pyrrole nitrogens is 1. The van der Waals surface area contributed by atoms with Crippen molar-refractivity contribution in [3.8, 4) is 5.88 Å². The maximum absolute atomic E-state index is 15.1. The van der Waals surface area contributed by atoms with Crippen LogP contribution in [-0.2, 0) is 4.74 Å². The first-order valence-corrected chi connectivity index (χ1v) is 11.2. The maximum Gasteiger partial charge on any atom is 0.574 e. The Morgan fingerprint density at radius 2 is 2.06 bits per heavy atom. The molecule has 7 rings (SSSR count). The van der Waals surface area contributed by atoms with Crippen LogP contribution in [-0.4, -0.2) is 54.8 Å². The number of halogens is 4. The Morgan fingerprint density at radius 1 is 1.26 bits per heavy atom. The Kier molecular flexibility index (Phi) is 4.83. The highest BCUT2D eigenvalue weighted by Gasteiger charge is 2.58. The van der Waals surface area contributed by atoms with Crippen LogP contribution in [0.5, 0.6) is 5.88 Å². The molecule has 0 radical (unpaired) electrons. The maximum atomic E-state index is 15.1. The Hall–Kier alpha value is -3.58. The monoisotopic (exact) mass is 495 g/mol. The summed E-state index contributed by atoms with van der Waals surface area (Å²) >= 11 is 0. The van der Waals surface area contributed by atoms with Crippen molar-refractivity contribution in [2.24, 2.45) is 5.92 Å². The zero-order chi connectivity index (χ0) is 24.4. The smallest absolute Gasteiger partial charge is 0.443 e. The van der Waals surface area contributed by atoms with Crippen LogP contribution < -0.4 is 15.4 Å². The molecular formula is C21H21F4N7O3. The van der Waals surface area contributed by atoms with Crippen LogP contribution in [0, 0.1) is 5.92 Å². The first kappa shape index (κ1) is 21.9. The van der Waals surface area contributed by atoms with Gasteiger partial charge in [-0.05, 0) is 44.1 Å². The van der Waals surface area contributed by atoms with Crippen molar-refractivity contribution >= 4 is 23.5 Å². The first-order valence-electron chi connectivity index (χ1n) is 11.2. The number of carbonyl (C=O) groups excluding carboxylic acids is 1. The van der Waals surface area contributed by atoms with Gasteiger partial charge in [-0.3, -0.25) is 9.50 Å². The molecule has 0 aromatic carbocycles. The number of alkyl halides is 4. The molecule has 3 aromatic heterocycles. The van der Waals surface area contributed by atoms with E-state index in [1.54, 1.807) is 6.07 Å². The highest BCUT2D eigenvalue weighted by atomic mass is 19.4. The molecule has 3 heterocycles. The van der Waals surface area contributed by atoms with E-state index in [1.165, 1.54) is 16.7 Å². The number of nitrogens with one attached hydrogen (secondary N) is 3. The fourth-order valence-electron chi connectivity index (χ4n) is 5.25. The number of ether oxygens (including phenoxy) is 2. The molecule has 3 unspecified atom stereocenters. The molecule has 4 aliphatic rings. The van der Waals surface area contributed by atoms with Crippen molar-refractivity contribution in [1.29, 1.82) is 0 Å². The Bertz CT molecular complexity index is 1260. The summed E-state index contributed by atoms with van der Waals surface area (Å²) in [4.78, 5) is 20.1. The lowest BCUT2D eigenvalue weighted by atomic mass is 9.50. The van der Waals surface area contributed by atoms with E-state index < -0.39 is 36.5 Å². The Labute approximate surface area is 195 Å². The molecule has 35 heavy (non-hydrogen) atoms. The molecule has 2 bridgehead atoms. The van der Waals surface area contributed by atoms with Gasteiger partial charge in [-0.15, -0.1) is 13.2 Å². The minimum absolute atomic E-state index is 0.138. The SMILES string of the molecule is O=C(NC12CC(C1)C2)OC1CCC(c2cc(Nc3nccc4nc(OC(F)(F)F)cn34)n[nH]2)C1F. The van der Waals surface area contributed by atoms with Crippen LogP contribution in [0.25, 0.3) is 5.65 Å². The summed E-state index contributed by atoms with van der Waals surface area (Å²) in [5.74, 6) is -0.0552. The van der Waals surface area contributed by atoms with Gasteiger partial charge in [-0.2, -0.15) is 10.1 Å². The van der Waals surface area contributed by atoms with Crippen LogP contribution in [0.15, 0.2) is 24.5 Å². The van der Waals surface area contributed by atoms with Gasteiger partial charge in [0.05, 0.1) is 6.20 Å². The molecular weight excluding hydrogens is 474 g/mol. The van der Waals surface area contributed by atoms with E-state index in [9.17, 15) is 18.0 Å². The average molecular weight is 495 g/mol. The standard InChI is InChI=1S/C21H21F4N7O3/c22-17-11(1-2-13(17)34-19(33)29-20-6-10(7-20)8-20)12-5-14(31-30-12)27-18-26-4-3-15-28-16(9-32(15)18)35-21(23,24)25/h3-5,9-11,13,17H,1-2,6-8H2,(H,29,33)(H2,26,27,30,31). The Morgan fingerprint density at radius 3 is 2.77 bits per heavy atom. The fraction of sp³-hybridized carbons (Fsp3) is 0.524. The van der Waals surface area contributed by atoms with Gasteiger partial charge < -0.3 is 20.1 Å². The molecule has 0 saturated heterocycles. The number of imidazole rings is 1. The Balaban J connectivity index is 1.11. The van der Waals surface area contributed by atoms with Gasteiger partial charge in [-0.25, -0.2) is 14.2 Å². The molecule has 186 valence electrons. The van der Waals surface area contributed by atoms with E-state index in [2.05, 4.69) is 35.5 Å². The minimum Gasteiger partial charge on any atom is -0.443 e.